The normalized spacial score (nSPS) is 10.4. The van der Waals surface area contributed by atoms with Crippen molar-refractivity contribution in [2.75, 3.05) is 20.8 Å². The van der Waals surface area contributed by atoms with E-state index in [4.69, 9.17) is 14.2 Å². The standard InChI is InChI=1S/C11H13NO6/c1-16-10(17-2)7-18-11(13)8-3-5-9(6-4-8)12(14)15/h3-6,10H,7H2,1-2H3. The molecule has 0 saturated carbocycles. The number of esters is 1. The lowest BCUT2D eigenvalue weighted by Gasteiger charge is -2.13. The number of nitrogens with zero attached hydrogens (tertiary/aromatic N) is 1. The van der Waals surface area contributed by atoms with E-state index < -0.39 is 17.2 Å². The van der Waals surface area contributed by atoms with Crippen molar-refractivity contribution < 1.29 is 23.9 Å². The van der Waals surface area contributed by atoms with Crippen LogP contribution in [0.2, 0.25) is 0 Å². The third-order valence-corrected chi connectivity index (χ3v) is 2.19. The van der Waals surface area contributed by atoms with Crippen LogP contribution in [-0.2, 0) is 14.2 Å². The molecular weight excluding hydrogens is 242 g/mol. The van der Waals surface area contributed by atoms with Crippen molar-refractivity contribution in [3.63, 3.8) is 0 Å². The van der Waals surface area contributed by atoms with Gasteiger partial charge < -0.3 is 14.2 Å². The molecule has 1 rings (SSSR count). The van der Waals surface area contributed by atoms with Crippen LogP contribution in [0, 0.1) is 10.1 Å². The van der Waals surface area contributed by atoms with E-state index in [-0.39, 0.29) is 17.9 Å². The van der Waals surface area contributed by atoms with Crippen LogP contribution in [0.1, 0.15) is 10.4 Å². The van der Waals surface area contributed by atoms with Crippen LogP contribution < -0.4 is 0 Å². The van der Waals surface area contributed by atoms with E-state index >= 15 is 0 Å². The molecular formula is C11H13NO6. The molecule has 1 aromatic rings. The minimum absolute atomic E-state index is 0.0528. The molecule has 0 radical (unpaired) electrons. The predicted molar refractivity (Wildman–Crippen MR) is 61.2 cm³/mol. The lowest BCUT2D eigenvalue weighted by molar-refractivity contribution is -0.384. The third kappa shape index (κ3) is 3.79. The number of methoxy groups -OCH3 is 2. The van der Waals surface area contributed by atoms with Gasteiger partial charge in [-0.15, -0.1) is 0 Å². The van der Waals surface area contributed by atoms with Crippen LogP contribution in [0.5, 0.6) is 0 Å². The van der Waals surface area contributed by atoms with Crippen molar-refractivity contribution in [2.24, 2.45) is 0 Å². The molecule has 0 amide bonds. The SMILES string of the molecule is COC(COC(=O)c1ccc([N+](=O)[O-])cc1)OC. The van der Waals surface area contributed by atoms with Crippen LogP contribution in [0.25, 0.3) is 0 Å². The minimum atomic E-state index is -0.632. The molecule has 0 aromatic heterocycles. The average molecular weight is 255 g/mol. The summed E-state index contributed by atoms with van der Waals surface area (Å²) in [5, 5.41) is 10.4. The van der Waals surface area contributed by atoms with Crippen LogP contribution >= 0.6 is 0 Å². The lowest BCUT2D eigenvalue weighted by atomic mass is 10.2. The van der Waals surface area contributed by atoms with Crippen molar-refractivity contribution in [3.8, 4) is 0 Å². The number of nitro groups is 1. The van der Waals surface area contributed by atoms with Gasteiger partial charge in [-0.2, -0.15) is 0 Å². The first-order valence-electron chi connectivity index (χ1n) is 5.05. The zero-order valence-electron chi connectivity index (χ0n) is 9.99. The van der Waals surface area contributed by atoms with Gasteiger partial charge >= 0.3 is 5.97 Å². The van der Waals surface area contributed by atoms with Crippen LogP contribution in [-0.4, -0.2) is 38.0 Å². The third-order valence-electron chi connectivity index (χ3n) is 2.19. The zero-order valence-corrected chi connectivity index (χ0v) is 9.99. The highest BCUT2D eigenvalue weighted by atomic mass is 16.7. The van der Waals surface area contributed by atoms with E-state index in [0.29, 0.717) is 0 Å². The Morgan fingerprint density at radius 3 is 2.28 bits per heavy atom. The highest BCUT2D eigenvalue weighted by Gasteiger charge is 2.13. The first-order valence-corrected chi connectivity index (χ1v) is 5.05. The fourth-order valence-corrected chi connectivity index (χ4v) is 1.18. The minimum Gasteiger partial charge on any atom is -0.457 e. The summed E-state index contributed by atoms with van der Waals surface area (Å²) in [5.74, 6) is -0.594. The van der Waals surface area contributed by atoms with Gasteiger partial charge in [0.25, 0.3) is 5.69 Å². The topological polar surface area (TPSA) is 87.9 Å². The maximum Gasteiger partial charge on any atom is 0.338 e. The van der Waals surface area contributed by atoms with Gasteiger partial charge in [0.2, 0.25) is 0 Å². The Morgan fingerprint density at radius 1 is 1.28 bits per heavy atom. The average Bonchev–Trinajstić information content (AvgIpc) is 2.39. The summed E-state index contributed by atoms with van der Waals surface area (Å²) in [6.45, 7) is -0.0528. The van der Waals surface area contributed by atoms with E-state index in [1.165, 1.54) is 38.5 Å². The predicted octanol–water partition coefficient (Wildman–Crippen LogP) is 1.37. The van der Waals surface area contributed by atoms with E-state index in [9.17, 15) is 14.9 Å². The summed E-state index contributed by atoms with van der Waals surface area (Å²) in [4.78, 5) is 21.4. The Bertz CT molecular complexity index is 412. The molecule has 0 fully saturated rings. The summed E-state index contributed by atoms with van der Waals surface area (Å²) in [6, 6.07) is 5.13. The second-order valence-electron chi connectivity index (χ2n) is 3.30. The van der Waals surface area contributed by atoms with Crippen LogP contribution in [0.15, 0.2) is 24.3 Å². The number of carbonyl (C=O) groups excluding carboxylic acids is 1. The number of rotatable bonds is 6. The smallest absolute Gasteiger partial charge is 0.338 e. The Kier molecular flexibility index (Phi) is 5.22. The second kappa shape index (κ2) is 6.67. The largest absolute Gasteiger partial charge is 0.457 e. The molecule has 0 atom stereocenters. The summed E-state index contributed by atoms with van der Waals surface area (Å²) in [7, 11) is 2.85. The number of carbonyl (C=O) groups is 1. The van der Waals surface area contributed by atoms with Gasteiger partial charge in [-0.05, 0) is 12.1 Å². The molecule has 0 heterocycles. The molecule has 18 heavy (non-hydrogen) atoms. The summed E-state index contributed by atoms with van der Waals surface area (Å²) in [5.41, 5.74) is 0.143. The second-order valence-corrected chi connectivity index (χ2v) is 3.30. The first kappa shape index (κ1) is 14.1. The molecule has 0 unspecified atom stereocenters. The maximum absolute atomic E-state index is 11.6. The molecule has 0 N–H and O–H groups in total. The fourth-order valence-electron chi connectivity index (χ4n) is 1.18. The van der Waals surface area contributed by atoms with Gasteiger partial charge in [0.1, 0.15) is 6.61 Å². The summed E-state index contributed by atoms with van der Waals surface area (Å²) in [6.07, 6.45) is -0.632. The molecule has 0 saturated heterocycles. The molecule has 0 aliphatic heterocycles. The van der Waals surface area contributed by atoms with E-state index in [1.54, 1.807) is 0 Å². The highest BCUT2D eigenvalue weighted by Crippen LogP contribution is 2.12. The number of nitro benzene ring substituents is 1. The van der Waals surface area contributed by atoms with Crippen LogP contribution in [0.4, 0.5) is 5.69 Å². The molecule has 0 aliphatic carbocycles. The number of hydrogen-bond acceptors (Lipinski definition) is 6. The van der Waals surface area contributed by atoms with Gasteiger partial charge in [0, 0.05) is 26.4 Å². The summed E-state index contributed by atoms with van der Waals surface area (Å²) >= 11 is 0. The van der Waals surface area contributed by atoms with Crippen molar-refractivity contribution in [1.82, 2.24) is 0 Å². The van der Waals surface area contributed by atoms with Crippen LogP contribution in [0.3, 0.4) is 0 Å². The Balaban J connectivity index is 2.59. The molecule has 98 valence electrons. The van der Waals surface area contributed by atoms with Gasteiger partial charge in [-0.3, -0.25) is 10.1 Å². The quantitative estimate of drug-likeness (QED) is 0.330. The molecule has 1 aromatic carbocycles. The van der Waals surface area contributed by atoms with E-state index in [1.807, 2.05) is 0 Å². The summed E-state index contributed by atoms with van der Waals surface area (Å²) < 4.78 is 14.6. The number of benzene rings is 1. The molecule has 7 heteroatoms. The van der Waals surface area contributed by atoms with Crippen molar-refractivity contribution >= 4 is 11.7 Å². The Morgan fingerprint density at radius 2 is 1.83 bits per heavy atom. The lowest BCUT2D eigenvalue weighted by Crippen LogP contribution is -2.22. The molecule has 7 nitrogen and oxygen atoms in total. The molecule has 0 aliphatic rings. The van der Waals surface area contributed by atoms with Gasteiger partial charge in [-0.25, -0.2) is 4.79 Å². The van der Waals surface area contributed by atoms with E-state index in [0.717, 1.165) is 0 Å². The molecule has 0 bridgehead atoms. The number of hydrogen-bond donors (Lipinski definition) is 0. The Hall–Kier alpha value is -1.99. The van der Waals surface area contributed by atoms with Crippen molar-refractivity contribution in [3.05, 3.63) is 39.9 Å². The number of non-ortho nitro benzene ring substituents is 1. The van der Waals surface area contributed by atoms with E-state index in [2.05, 4.69) is 0 Å². The number of ether oxygens (including phenoxy) is 3. The fraction of sp³-hybridized carbons (Fsp3) is 0.364. The van der Waals surface area contributed by atoms with Gasteiger partial charge in [0.05, 0.1) is 10.5 Å². The Labute approximate surface area is 103 Å². The molecule has 0 spiro atoms. The first-order chi connectivity index (χ1) is 8.58. The highest BCUT2D eigenvalue weighted by molar-refractivity contribution is 5.89. The van der Waals surface area contributed by atoms with Crippen molar-refractivity contribution in [1.29, 1.82) is 0 Å². The maximum atomic E-state index is 11.6. The van der Waals surface area contributed by atoms with Gasteiger partial charge in [0.15, 0.2) is 6.29 Å². The van der Waals surface area contributed by atoms with Gasteiger partial charge in [-0.1, -0.05) is 0 Å². The van der Waals surface area contributed by atoms with Crippen molar-refractivity contribution in [2.45, 2.75) is 6.29 Å². The monoisotopic (exact) mass is 255 g/mol. The zero-order chi connectivity index (χ0) is 13.5.